The lowest BCUT2D eigenvalue weighted by molar-refractivity contribution is -0.203. The van der Waals surface area contributed by atoms with Crippen LogP contribution in [-0.4, -0.2) is 108 Å². The first-order valence-corrected chi connectivity index (χ1v) is 28.3. The number of hydroxylamine groups is 2. The van der Waals surface area contributed by atoms with Crippen molar-refractivity contribution < 1.29 is 51.4 Å². The smallest absolute Gasteiger partial charge is 0.330 e. The molecule has 75 heavy (non-hydrogen) atoms. The number of thiol groups is 1. The molecule has 2 heterocycles. The zero-order valence-corrected chi connectivity index (χ0v) is 55.2. The van der Waals surface area contributed by atoms with Crippen molar-refractivity contribution in [3.8, 4) is 0 Å². The van der Waals surface area contributed by atoms with Gasteiger partial charge in [-0.3, -0.25) is 49.5 Å². The molecule has 2 aliphatic rings. The van der Waals surface area contributed by atoms with E-state index in [1.165, 1.54) is 50.4 Å². The Morgan fingerprint density at radius 3 is 1.27 bits per heavy atom. The zero-order valence-electron chi connectivity index (χ0n) is 49.8. The summed E-state index contributed by atoms with van der Waals surface area (Å²) in [5.74, 6) is 2.07. The Morgan fingerprint density at radius 1 is 0.787 bits per heavy atom. The van der Waals surface area contributed by atoms with Gasteiger partial charge >= 0.3 is 5.97 Å². The first-order valence-electron chi connectivity index (χ1n) is 23.7. The van der Waals surface area contributed by atoms with Crippen LogP contribution in [0.3, 0.4) is 0 Å². The van der Waals surface area contributed by atoms with Crippen LogP contribution in [0.5, 0.6) is 0 Å². The van der Waals surface area contributed by atoms with Gasteiger partial charge in [-0.05, 0) is 99.6 Å². The Kier molecular flexibility index (Phi) is 39.8. The molecule has 0 saturated carbocycles. The van der Waals surface area contributed by atoms with Gasteiger partial charge in [0.25, 0.3) is 33.7 Å². The molecule has 436 valence electrons. The summed E-state index contributed by atoms with van der Waals surface area (Å²) < 4.78 is 31.2. The molecule has 1 unspecified atom stereocenters. The molecule has 23 heteroatoms. The summed E-state index contributed by atoms with van der Waals surface area (Å²) in [6.07, 6.45) is 1.86. The van der Waals surface area contributed by atoms with Crippen molar-refractivity contribution in [1.29, 1.82) is 0 Å². The molecule has 0 radical (unpaired) electrons. The van der Waals surface area contributed by atoms with Crippen LogP contribution in [0, 0.1) is 16.2 Å². The monoisotopic (exact) mass is 1280 g/mol. The molecule has 1 atom stereocenters. The van der Waals surface area contributed by atoms with E-state index < -0.39 is 50.5 Å². The number of carbonyl (C=O) groups excluding carboxylic acids is 7. The van der Waals surface area contributed by atoms with Gasteiger partial charge in [0, 0.05) is 56.3 Å². The quantitative estimate of drug-likeness (QED) is 0.0179. The van der Waals surface area contributed by atoms with Gasteiger partial charge in [-0.15, -0.1) is 5.06 Å². The standard InChI is InChI=1S/C10H14.C9H13NO7S.C8H11NO2.C6H11BrO.C6H11IO.C4H12N2.C4H11N.C4H10S.CH3N3/c1-10(2,3)9-7-5-4-6-8-9;1-9(2,3)8(13)17-10-6(11)4-5(7(10)12)18(14,15)16;1-8(2,3)9-6(10)4-5-7(9)11;2*1-6(2,3)5(8)4-7;1-4(2,3)6-5;2*1-4(2,3)5;1-3-4-2/h4-8H,1-3H3;5H,4H2,1-3H3,(H,14,15,16);4-5H,1-3H3;2*4H2,1-3H3;6H,5H2,1-3H3;5H2,1-3H3;5H,1-3H3;1H3. The number of rotatable bonds is 4. The van der Waals surface area contributed by atoms with Crippen LogP contribution in [0.25, 0.3) is 10.4 Å². The number of alkyl halides is 2. The molecule has 1 fully saturated rings. The van der Waals surface area contributed by atoms with E-state index in [1.807, 2.05) is 104 Å². The van der Waals surface area contributed by atoms with E-state index in [0.717, 1.165) is 0 Å². The maximum absolute atomic E-state index is 11.5. The second-order valence-electron chi connectivity index (χ2n) is 24.8. The number of amides is 4. The molecular weight excluding hydrogens is 1180 g/mol. The minimum absolute atomic E-state index is 0. The minimum atomic E-state index is -4.69. The molecule has 1 aromatic rings. The molecule has 0 spiro atoms. The largest absolute Gasteiger partial charge is 0.338 e. The molecule has 1 aromatic carbocycles. The zero-order chi connectivity index (χ0) is 61.8. The van der Waals surface area contributed by atoms with Crippen molar-refractivity contribution in [2.45, 2.75) is 205 Å². The summed E-state index contributed by atoms with van der Waals surface area (Å²) in [5, 5.41) is 1.57. The highest BCUT2D eigenvalue weighted by Gasteiger charge is 2.49. The molecule has 1 saturated heterocycles. The number of benzene rings is 1. The van der Waals surface area contributed by atoms with Crippen LogP contribution >= 0.6 is 51.1 Å². The first kappa shape index (κ1) is 83.0. The molecule has 4 amide bonds. The number of imide groups is 2. The fourth-order valence-corrected chi connectivity index (χ4v) is 6.22. The van der Waals surface area contributed by atoms with Crippen LogP contribution in [0.1, 0.15) is 178 Å². The molecule has 19 nitrogen and oxygen atoms in total. The number of Topliss-reactive ketones (excluding diaryl/α,β-unsaturated/α-hetero) is 2. The van der Waals surface area contributed by atoms with E-state index in [2.05, 4.69) is 143 Å². The summed E-state index contributed by atoms with van der Waals surface area (Å²) in [5.41, 5.74) is 15.4. The average Bonchev–Trinajstić information content (AvgIpc) is 3.71. The lowest BCUT2D eigenvalue weighted by Gasteiger charge is -2.29. The van der Waals surface area contributed by atoms with Crippen LogP contribution in [0.2, 0.25) is 0 Å². The lowest BCUT2D eigenvalue weighted by atomic mass is 9.87. The molecular formula is C52H96BrIN8O11S2. The number of carbonyl (C=O) groups is 7. The molecule has 0 aromatic heterocycles. The highest BCUT2D eigenvalue weighted by atomic mass is 127. The van der Waals surface area contributed by atoms with Gasteiger partial charge < -0.3 is 10.6 Å². The molecule has 2 aliphatic heterocycles. The van der Waals surface area contributed by atoms with Crippen LogP contribution in [-0.2, 0) is 53.9 Å². The molecule has 6 N–H and O–H groups in total. The highest BCUT2D eigenvalue weighted by molar-refractivity contribution is 14.1. The Hall–Kier alpha value is -3.29. The van der Waals surface area contributed by atoms with Crippen molar-refractivity contribution in [2.24, 2.45) is 32.9 Å². The predicted molar refractivity (Wildman–Crippen MR) is 320 cm³/mol. The number of hydrogen-bond acceptors (Lipinski definition) is 15. The topological polar surface area (TPSA) is 302 Å². The maximum Gasteiger partial charge on any atom is 0.338 e. The van der Waals surface area contributed by atoms with E-state index in [9.17, 15) is 42.0 Å². The van der Waals surface area contributed by atoms with E-state index in [1.54, 1.807) is 0 Å². The van der Waals surface area contributed by atoms with Crippen LogP contribution in [0.4, 0.5) is 0 Å². The number of halogens is 2. The molecule has 3 rings (SSSR count). The van der Waals surface area contributed by atoms with Crippen molar-refractivity contribution in [1.82, 2.24) is 15.4 Å². The number of nitrogens with zero attached hydrogens (tertiary/aromatic N) is 5. The van der Waals surface area contributed by atoms with Crippen LogP contribution in [0.15, 0.2) is 47.6 Å². The maximum atomic E-state index is 11.5. The number of ketones is 2. The second-order valence-corrected chi connectivity index (χ2v) is 29.1. The highest BCUT2D eigenvalue weighted by Crippen LogP contribution is 2.24. The van der Waals surface area contributed by atoms with Gasteiger partial charge in [-0.2, -0.15) is 21.0 Å². The minimum Gasteiger partial charge on any atom is -0.330 e. The summed E-state index contributed by atoms with van der Waals surface area (Å²) in [4.78, 5) is 86.2. The van der Waals surface area contributed by atoms with Crippen LogP contribution < -0.4 is 17.0 Å². The average molecular weight is 1280 g/mol. The third-order valence-electron chi connectivity index (χ3n) is 7.77. The summed E-state index contributed by atoms with van der Waals surface area (Å²) in [6, 6.07) is 10.6. The number of nitrogens with one attached hydrogen (secondary N) is 1. The van der Waals surface area contributed by atoms with Gasteiger partial charge in [0.15, 0.2) is 5.25 Å². The number of hydrazine groups is 1. The van der Waals surface area contributed by atoms with Crippen molar-refractivity contribution >= 4 is 102 Å². The number of nitrogens with two attached hydrogens (primary N) is 2. The van der Waals surface area contributed by atoms with E-state index in [4.69, 9.17) is 21.7 Å². The van der Waals surface area contributed by atoms with E-state index in [-0.39, 0.29) is 49.3 Å². The summed E-state index contributed by atoms with van der Waals surface area (Å²) >= 11 is 9.31. The molecule has 0 bridgehead atoms. The summed E-state index contributed by atoms with van der Waals surface area (Å²) in [6.45, 7) is 46.3. The first-order chi connectivity index (χ1) is 32.9. The van der Waals surface area contributed by atoms with Gasteiger partial charge in [0.2, 0.25) is 0 Å². The third-order valence-corrected chi connectivity index (χ3v) is 10.1. The second kappa shape index (κ2) is 36.0. The normalized spacial score (nSPS) is 14.6. The Balaban J connectivity index is -0.000000186. The lowest BCUT2D eigenvalue weighted by Crippen LogP contribution is -2.45. The Bertz CT molecular complexity index is 2050. The van der Waals surface area contributed by atoms with Gasteiger partial charge in [0.1, 0.15) is 11.6 Å². The fraction of sp³-hybridized carbons (Fsp3) is 0.712. The van der Waals surface area contributed by atoms with Gasteiger partial charge in [-0.25, -0.2) is 4.79 Å². The predicted octanol–water partition coefficient (Wildman–Crippen LogP) is 10.9. The van der Waals surface area contributed by atoms with Crippen molar-refractivity contribution in [2.75, 3.05) is 16.8 Å². The Labute approximate surface area is 479 Å². The van der Waals surface area contributed by atoms with E-state index >= 15 is 0 Å². The molecule has 0 aliphatic carbocycles. The summed E-state index contributed by atoms with van der Waals surface area (Å²) in [7, 11) is -3.30. The van der Waals surface area contributed by atoms with E-state index in [0.29, 0.717) is 21.0 Å². The van der Waals surface area contributed by atoms with Crippen molar-refractivity contribution in [3.63, 3.8) is 0 Å². The van der Waals surface area contributed by atoms with Crippen molar-refractivity contribution in [3.05, 3.63) is 58.5 Å². The van der Waals surface area contributed by atoms with Gasteiger partial charge in [-0.1, -0.05) is 157 Å². The fourth-order valence-electron chi connectivity index (χ4n) is 3.53. The Morgan fingerprint density at radius 2 is 1.12 bits per heavy atom. The number of azide groups is 1. The van der Waals surface area contributed by atoms with Gasteiger partial charge in [0.05, 0.1) is 21.6 Å². The number of hydrogen-bond donors (Lipinski definition) is 5. The SMILES string of the molecule is CC(C)(C)C(=O)CBr.CC(C)(C)C(=O)CI.CC(C)(C)C(=O)ON1C(=O)CC(S(=O)(=O)O)C1=O.CC(C)(C)N.CC(C)(C)N1C(=O)C=CC1=O.CC(C)(C)NN.CC(C)(C)S.CC(C)(C)c1ccccc1.CN=[N+]=[N-]. The third kappa shape index (κ3) is 50.0.